The first kappa shape index (κ1) is 21.3. The monoisotopic (exact) mass is 418 g/mol. The van der Waals surface area contributed by atoms with Gasteiger partial charge in [-0.25, -0.2) is 4.68 Å². The van der Waals surface area contributed by atoms with Crippen LogP contribution >= 0.6 is 12.4 Å². The minimum absolute atomic E-state index is 0. The van der Waals surface area contributed by atoms with E-state index in [0.717, 1.165) is 55.8 Å². The third kappa shape index (κ3) is 4.59. The average molecular weight is 419 g/mol. The average Bonchev–Trinajstić information content (AvgIpc) is 3.32. The second-order valence-electron chi connectivity index (χ2n) is 7.45. The van der Waals surface area contributed by atoms with Gasteiger partial charge >= 0.3 is 0 Å². The summed E-state index contributed by atoms with van der Waals surface area (Å²) in [6.45, 7) is 4.96. The fraction of sp³-hybridized carbons (Fsp3) is 0.500. The molecule has 0 bridgehead atoms. The summed E-state index contributed by atoms with van der Waals surface area (Å²) >= 11 is 0. The molecule has 29 heavy (non-hydrogen) atoms. The first-order valence-electron chi connectivity index (χ1n) is 9.93. The predicted molar refractivity (Wildman–Crippen MR) is 112 cm³/mol. The first-order chi connectivity index (χ1) is 13.6. The lowest BCUT2D eigenvalue weighted by Gasteiger charge is -2.23. The molecule has 2 N–H and O–H groups in total. The van der Waals surface area contributed by atoms with Crippen molar-refractivity contribution in [1.82, 2.24) is 25.6 Å². The Kier molecular flexibility index (Phi) is 6.87. The number of carbonyl (C=O) groups excluding carboxylic acids is 2. The molecule has 2 aromatic rings. The maximum absolute atomic E-state index is 12.6. The van der Waals surface area contributed by atoms with E-state index >= 15 is 0 Å². The van der Waals surface area contributed by atoms with Crippen LogP contribution in [0.25, 0.3) is 0 Å². The Labute approximate surface area is 176 Å². The van der Waals surface area contributed by atoms with Crippen LogP contribution in [-0.2, 0) is 11.3 Å². The second-order valence-corrected chi connectivity index (χ2v) is 7.45. The Morgan fingerprint density at radius 3 is 2.83 bits per heavy atom. The van der Waals surface area contributed by atoms with Gasteiger partial charge in [-0.3, -0.25) is 9.59 Å². The molecule has 1 aromatic carbocycles. The molecule has 8 nitrogen and oxygen atoms in total. The molecule has 0 spiro atoms. The van der Waals surface area contributed by atoms with Gasteiger partial charge in [0.15, 0.2) is 5.69 Å². The zero-order chi connectivity index (χ0) is 19.5. The Bertz CT molecular complexity index is 878. The van der Waals surface area contributed by atoms with Gasteiger partial charge in [0.05, 0.1) is 11.7 Å². The van der Waals surface area contributed by atoms with Gasteiger partial charge in [-0.05, 0) is 57.0 Å². The third-order valence-electron chi connectivity index (χ3n) is 5.55. The van der Waals surface area contributed by atoms with E-state index in [9.17, 15) is 9.59 Å². The van der Waals surface area contributed by atoms with E-state index in [-0.39, 0.29) is 24.2 Å². The highest BCUT2D eigenvalue weighted by Gasteiger charge is 2.23. The van der Waals surface area contributed by atoms with Crippen molar-refractivity contribution >= 4 is 29.9 Å². The van der Waals surface area contributed by atoms with Crippen molar-refractivity contribution in [3.05, 3.63) is 41.2 Å². The Balaban J connectivity index is 0.00000240. The van der Waals surface area contributed by atoms with E-state index in [2.05, 4.69) is 20.9 Å². The first-order valence-corrected chi connectivity index (χ1v) is 9.93. The van der Waals surface area contributed by atoms with E-state index in [1.165, 1.54) is 0 Å². The van der Waals surface area contributed by atoms with Gasteiger partial charge in [-0.1, -0.05) is 17.3 Å². The lowest BCUT2D eigenvalue weighted by atomic mass is 10.1. The van der Waals surface area contributed by atoms with Crippen molar-refractivity contribution in [2.45, 2.75) is 45.2 Å². The summed E-state index contributed by atoms with van der Waals surface area (Å²) in [5, 5.41) is 14.6. The SMILES string of the molecule is Cc1c(C(=O)NCc2cccc(N3CCCC3=O)c2)nnn1C1CCNCC1.Cl. The molecular weight excluding hydrogens is 392 g/mol. The predicted octanol–water partition coefficient (Wildman–Crippen LogP) is 1.99. The number of benzene rings is 1. The molecule has 1 aromatic heterocycles. The molecule has 2 saturated heterocycles. The molecule has 2 fully saturated rings. The number of rotatable bonds is 5. The maximum atomic E-state index is 12.6. The maximum Gasteiger partial charge on any atom is 0.274 e. The number of aromatic nitrogens is 3. The second kappa shape index (κ2) is 9.37. The number of hydrogen-bond donors (Lipinski definition) is 2. The lowest BCUT2D eigenvalue weighted by molar-refractivity contribution is -0.117. The Morgan fingerprint density at radius 1 is 1.31 bits per heavy atom. The molecule has 0 unspecified atom stereocenters. The highest BCUT2D eigenvalue weighted by molar-refractivity contribution is 5.95. The standard InChI is InChI=1S/C20H26N6O2.ClH/c1-14-19(23-24-26(14)16-7-9-21-10-8-16)20(28)22-13-15-4-2-5-17(12-15)25-11-3-6-18(25)27;/h2,4-5,12,16,21H,3,6-11,13H2,1H3,(H,22,28);1H. The fourth-order valence-electron chi connectivity index (χ4n) is 3.97. The molecule has 9 heteroatoms. The van der Waals surface area contributed by atoms with E-state index in [0.29, 0.717) is 24.7 Å². The zero-order valence-corrected chi connectivity index (χ0v) is 17.4. The van der Waals surface area contributed by atoms with Crippen molar-refractivity contribution in [3.63, 3.8) is 0 Å². The van der Waals surface area contributed by atoms with Crippen molar-refractivity contribution < 1.29 is 9.59 Å². The summed E-state index contributed by atoms with van der Waals surface area (Å²) in [7, 11) is 0. The van der Waals surface area contributed by atoms with Crippen LogP contribution in [-0.4, -0.2) is 46.4 Å². The summed E-state index contributed by atoms with van der Waals surface area (Å²) in [5.41, 5.74) is 3.03. The quantitative estimate of drug-likeness (QED) is 0.774. The molecular formula is C20H27ClN6O2. The summed E-state index contributed by atoms with van der Waals surface area (Å²) in [5.74, 6) is -0.0633. The van der Waals surface area contributed by atoms with E-state index < -0.39 is 0 Å². The van der Waals surface area contributed by atoms with E-state index in [1.807, 2.05) is 35.9 Å². The van der Waals surface area contributed by atoms with Crippen LogP contribution in [0.5, 0.6) is 0 Å². The number of carbonyl (C=O) groups is 2. The number of amides is 2. The molecule has 0 atom stereocenters. The molecule has 2 aliphatic rings. The van der Waals surface area contributed by atoms with Crippen LogP contribution in [0.3, 0.4) is 0 Å². The molecule has 4 rings (SSSR count). The summed E-state index contributed by atoms with van der Waals surface area (Å²) < 4.78 is 1.88. The minimum atomic E-state index is -0.222. The highest BCUT2D eigenvalue weighted by Crippen LogP contribution is 2.23. The van der Waals surface area contributed by atoms with Crippen LogP contribution < -0.4 is 15.5 Å². The zero-order valence-electron chi connectivity index (χ0n) is 16.6. The van der Waals surface area contributed by atoms with Crippen molar-refractivity contribution in [3.8, 4) is 0 Å². The van der Waals surface area contributed by atoms with Gasteiger partial charge in [0.25, 0.3) is 5.91 Å². The van der Waals surface area contributed by atoms with Crippen LogP contribution in [0.4, 0.5) is 5.69 Å². The normalized spacial score (nSPS) is 17.3. The Hall–Kier alpha value is -2.45. The van der Waals surface area contributed by atoms with Crippen molar-refractivity contribution in [2.24, 2.45) is 0 Å². The third-order valence-corrected chi connectivity index (χ3v) is 5.55. The van der Waals surface area contributed by atoms with Gasteiger partial charge in [0, 0.05) is 25.2 Å². The van der Waals surface area contributed by atoms with Crippen LogP contribution in [0.2, 0.25) is 0 Å². The fourth-order valence-corrected chi connectivity index (χ4v) is 3.97. The molecule has 0 radical (unpaired) electrons. The number of nitrogens with zero attached hydrogens (tertiary/aromatic N) is 4. The van der Waals surface area contributed by atoms with Crippen molar-refractivity contribution in [1.29, 1.82) is 0 Å². The van der Waals surface area contributed by atoms with Crippen LogP contribution in [0.15, 0.2) is 24.3 Å². The highest BCUT2D eigenvalue weighted by atomic mass is 35.5. The number of anilines is 1. The molecule has 2 amide bonds. The summed E-state index contributed by atoms with van der Waals surface area (Å²) in [6.07, 6.45) is 3.49. The molecule has 3 heterocycles. The lowest BCUT2D eigenvalue weighted by Crippen LogP contribution is -2.30. The molecule has 2 aliphatic heterocycles. The van der Waals surface area contributed by atoms with Crippen molar-refractivity contribution in [2.75, 3.05) is 24.5 Å². The topological polar surface area (TPSA) is 92.2 Å². The molecule has 156 valence electrons. The smallest absolute Gasteiger partial charge is 0.274 e. The minimum Gasteiger partial charge on any atom is -0.347 e. The number of piperidine rings is 1. The van der Waals surface area contributed by atoms with Gasteiger partial charge in [-0.2, -0.15) is 0 Å². The Morgan fingerprint density at radius 2 is 2.10 bits per heavy atom. The molecule has 0 aliphatic carbocycles. The number of nitrogens with one attached hydrogen (secondary N) is 2. The van der Waals surface area contributed by atoms with Crippen LogP contribution in [0, 0.1) is 6.92 Å². The van der Waals surface area contributed by atoms with Gasteiger partial charge < -0.3 is 15.5 Å². The van der Waals surface area contributed by atoms with Gasteiger partial charge in [0.2, 0.25) is 5.91 Å². The van der Waals surface area contributed by atoms with E-state index in [1.54, 1.807) is 4.90 Å². The van der Waals surface area contributed by atoms with Gasteiger partial charge in [-0.15, -0.1) is 17.5 Å². The summed E-state index contributed by atoms with van der Waals surface area (Å²) in [4.78, 5) is 26.4. The number of halogens is 1. The molecule has 0 saturated carbocycles. The van der Waals surface area contributed by atoms with E-state index in [4.69, 9.17) is 0 Å². The summed E-state index contributed by atoms with van der Waals surface area (Å²) in [6, 6.07) is 8.06. The number of hydrogen-bond acceptors (Lipinski definition) is 5. The van der Waals surface area contributed by atoms with Crippen LogP contribution in [0.1, 0.15) is 53.5 Å². The largest absolute Gasteiger partial charge is 0.347 e. The van der Waals surface area contributed by atoms with Gasteiger partial charge in [0.1, 0.15) is 0 Å².